The van der Waals surface area contributed by atoms with E-state index in [1.165, 1.54) is 25.7 Å². The van der Waals surface area contributed by atoms with E-state index in [0.717, 1.165) is 5.69 Å². The fraction of sp³-hybridized carbons (Fsp3) is 0.714. The molecule has 1 fully saturated rings. The smallest absolute Gasteiger partial charge is 0.238 e. The van der Waals surface area contributed by atoms with Crippen LogP contribution < -0.4 is 5.32 Å². The number of hydrogen-bond donors (Lipinski definition) is 1. The van der Waals surface area contributed by atoms with Crippen molar-refractivity contribution in [3.63, 3.8) is 0 Å². The maximum atomic E-state index is 11.7. The lowest BCUT2D eigenvalue weighted by molar-refractivity contribution is -0.130. The highest BCUT2D eigenvalue weighted by Crippen LogP contribution is 2.28. The lowest BCUT2D eigenvalue weighted by Crippen LogP contribution is -2.41. The normalized spacial score (nSPS) is 17.6. The van der Waals surface area contributed by atoms with Crippen molar-refractivity contribution in [3.05, 3.63) is 18.0 Å². The molecule has 1 aliphatic carbocycles. The summed E-state index contributed by atoms with van der Waals surface area (Å²) >= 11 is 0. The van der Waals surface area contributed by atoms with Gasteiger partial charge in [-0.2, -0.15) is 5.10 Å². The second-order valence-corrected chi connectivity index (χ2v) is 5.56. The van der Waals surface area contributed by atoms with Crippen LogP contribution in [0.2, 0.25) is 0 Å². The van der Waals surface area contributed by atoms with Crippen molar-refractivity contribution < 1.29 is 4.79 Å². The Labute approximate surface area is 115 Å². The predicted octanol–water partition coefficient (Wildman–Crippen LogP) is 1.56. The molecule has 1 heterocycles. The summed E-state index contributed by atoms with van der Waals surface area (Å²) in [5.74, 6) is 0.0928. The second kappa shape index (κ2) is 6.19. The molecule has 1 atom stereocenters. The third-order valence-electron chi connectivity index (χ3n) is 3.76. The lowest BCUT2D eigenvalue weighted by atomic mass is 10.3. The fourth-order valence-corrected chi connectivity index (χ4v) is 2.58. The molecule has 1 amide bonds. The minimum absolute atomic E-state index is 0.0928. The van der Waals surface area contributed by atoms with Crippen molar-refractivity contribution in [3.8, 4) is 0 Å². The van der Waals surface area contributed by atoms with Gasteiger partial charge in [0, 0.05) is 26.8 Å². The van der Waals surface area contributed by atoms with E-state index in [9.17, 15) is 4.79 Å². The van der Waals surface area contributed by atoms with Crippen LogP contribution in [-0.2, 0) is 11.3 Å². The molecule has 1 aromatic heterocycles. The molecule has 1 aliphatic rings. The Hall–Kier alpha value is -1.36. The van der Waals surface area contributed by atoms with E-state index in [4.69, 9.17) is 0 Å². The predicted molar refractivity (Wildman–Crippen MR) is 74.7 cm³/mol. The summed E-state index contributed by atoms with van der Waals surface area (Å²) < 4.78 is 2.09. The Morgan fingerprint density at radius 2 is 2.21 bits per heavy atom. The van der Waals surface area contributed by atoms with Crippen molar-refractivity contribution >= 4 is 5.91 Å². The monoisotopic (exact) mass is 264 g/mol. The van der Waals surface area contributed by atoms with Crippen LogP contribution in [0.3, 0.4) is 0 Å². The molecular weight excluding hydrogens is 240 g/mol. The van der Waals surface area contributed by atoms with Gasteiger partial charge in [0.2, 0.25) is 5.91 Å². The summed E-state index contributed by atoms with van der Waals surface area (Å²) in [6.45, 7) is 2.52. The number of aromatic nitrogens is 2. The van der Waals surface area contributed by atoms with Gasteiger partial charge in [0.25, 0.3) is 0 Å². The summed E-state index contributed by atoms with van der Waals surface area (Å²) in [4.78, 5) is 13.3. The summed E-state index contributed by atoms with van der Waals surface area (Å²) in [7, 11) is 3.55. The van der Waals surface area contributed by atoms with Gasteiger partial charge in [-0.1, -0.05) is 12.8 Å². The minimum atomic E-state index is -0.174. The van der Waals surface area contributed by atoms with Gasteiger partial charge >= 0.3 is 0 Å². The summed E-state index contributed by atoms with van der Waals surface area (Å²) in [6, 6.07) is 2.44. The molecule has 1 N–H and O–H groups in total. The topological polar surface area (TPSA) is 50.2 Å². The summed E-state index contributed by atoms with van der Waals surface area (Å²) in [5.41, 5.74) is 1.00. The molecule has 0 aromatic carbocycles. The van der Waals surface area contributed by atoms with Crippen LogP contribution in [0.5, 0.6) is 0 Å². The lowest BCUT2D eigenvalue weighted by Gasteiger charge is -2.17. The van der Waals surface area contributed by atoms with Gasteiger partial charge in [-0.25, -0.2) is 0 Å². The number of rotatable bonds is 5. The molecule has 0 bridgehead atoms. The highest BCUT2D eigenvalue weighted by Gasteiger charge is 2.18. The van der Waals surface area contributed by atoms with E-state index in [-0.39, 0.29) is 11.9 Å². The number of likely N-dealkylation sites (N-methyl/N-ethyl adjacent to an activating group) is 1. The van der Waals surface area contributed by atoms with Crippen molar-refractivity contribution in [2.45, 2.75) is 51.2 Å². The Kier molecular flexibility index (Phi) is 4.58. The van der Waals surface area contributed by atoms with Crippen LogP contribution in [0, 0.1) is 0 Å². The maximum absolute atomic E-state index is 11.7. The standard InChI is InChI=1S/C14H24N4O/c1-11(14(19)17(2)3)15-10-12-8-9-18(16-12)13-6-4-5-7-13/h8-9,11,13,15H,4-7,10H2,1-3H3. The largest absolute Gasteiger partial charge is 0.347 e. The highest BCUT2D eigenvalue weighted by atomic mass is 16.2. The molecule has 0 radical (unpaired) electrons. The number of hydrogen-bond acceptors (Lipinski definition) is 3. The van der Waals surface area contributed by atoms with Crippen LogP contribution in [0.4, 0.5) is 0 Å². The van der Waals surface area contributed by atoms with Gasteiger partial charge in [0.05, 0.1) is 17.8 Å². The highest BCUT2D eigenvalue weighted by molar-refractivity contribution is 5.80. The van der Waals surface area contributed by atoms with E-state index in [1.807, 2.05) is 13.0 Å². The van der Waals surface area contributed by atoms with Crippen LogP contribution >= 0.6 is 0 Å². The van der Waals surface area contributed by atoms with Crippen molar-refractivity contribution in [1.82, 2.24) is 20.0 Å². The van der Waals surface area contributed by atoms with Crippen molar-refractivity contribution in [1.29, 1.82) is 0 Å². The Morgan fingerprint density at radius 3 is 2.84 bits per heavy atom. The van der Waals surface area contributed by atoms with Gasteiger partial charge < -0.3 is 10.2 Å². The third kappa shape index (κ3) is 3.56. The molecule has 2 rings (SSSR count). The zero-order valence-electron chi connectivity index (χ0n) is 12.1. The molecule has 1 saturated carbocycles. The number of amides is 1. The average Bonchev–Trinajstić information content (AvgIpc) is 3.04. The number of nitrogens with zero attached hydrogens (tertiary/aromatic N) is 3. The van der Waals surface area contributed by atoms with Gasteiger partial charge in [-0.3, -0.25) is 9.48 Å². The Balaban J connectivity index is 1.84. The number of carbonyl (C=O) groups excluding carboxylic acids is 1. The maximum Gasteiger partial charge on any atom is 0.238 e. The Morgan fingerprint density at radius 1 is 1.53 bits per heavy atom. The average molecular weight is 264 g/mol. The first-order chi connectivity index (χ1) is 9.08. The third-order valence-corrected chi connectivity index (χ3v) is 3.76. The quantitative estimate of drug-likeness (QED) is 0.878. The summed E-state index contributed by atoms with van der Waals surface area (Å²) in [5, 5.41) is 7.81. The number of nitrogens with one attached hydrogen (secondary N) is 1. The zero-order valence-corrected chi connectivity index (χ0v) is 12.1. The van der Waals surface area contributed by atoms with Crippen LogP contribution in [-0.4, -0.2) is 40.7 Å². The zero-order chi connectivity index (χ0) is 13.8. The molecule has 0 spiro atoms. The second-order valence-electron chi connectivity index (χ2n) is 5.56. The van der Waals surface area contributed by atoms with Crippen molar-refractivity contribution in [2.24, 2.45) is 0 Å². The molecule has 1 unspecified atom stereocenters. The molecule has 19 heavy (non-hydrogen) atoms. The molecular formula is C14H24N4O. The van der Waals surface area contributed by atoms with E-state index >= 15 is 0 Å². The van der Waals surface area contributed by atoms with Gasteiger partial charge in [0.1, 0.15) is 0 Å². The van der Waals surface area contributed by atoms with Crippen LogP contribution in [0.1, 0.15) is 44.3 Å². The molecule has 0 aliphatic heterocycles. The molecule has 5 nitrogen and oxygen atoms in total. The first kappa shape index (κ1) is 14.1. The van der Waals surface area contributed by atoms with E-state index in [2.05, 4.69) is 21.3 Å². The van der Waals surface area contributed by atoms with Gasteiger partial charge in [-0.05, 0) is 25.8 Å². The molecule has 1 aromatic rings. The van der Waals surface area contributed by atoms with Gasteiger partial charge in [0.15, 0.2) is 0 Å². The molecule has 106 valence electrons. The van der Waals surface area contributed by atoms with E-state index in [0.29, 0.717) is 12.6 Å². The number of carbonyl (C=O) groups is 1. The van der Waals surface area contributed by atoms with E-state index < -0.39 is 0 Å². The first-order valence-electron chi connectivity index (χ1n) is 7.06. The van der Waals surface area contributed by atoms with Crippen molar-refractivity contribution in [2.75, 3.05) is 14.1 Å². The molecule has 5 heteroatoms. The van der Waals surface area contributed by atoms with Gasteiger partial charge in [-0.15, -0.1) is 0 Å². The van der Waals surface area contributed by atoms with Crippen LogP contribution in [0.25, 0.3) is 0 Å². The van der Waals surface area contributed by atoms with E-state index in [1.54, 1.807) is 19.0 Å². The summed E-state index contributed by atoms with van der Waals surface area (Å²) in [6.07, 6.45) is 7.17. The fourth-order valence-electron chi connectivity index (χ4n) is 2.58. The minimum Gasteiger partial charge on any atom is -0.347 e. The first-order valence-corrected chi connectivity index (χ1v) is 7.06. The SMILES string of the molecule is CC(NCc1ccn(C2CCCC2)n1)C(=O)N(C)C. The van der Waals surface area contributed by atoms with Crippen LogP contribution in [0.15, 0.2) is 12.3 Å². The Bertz CT molecular complexity index is 421. The molecule has 0 saturated heterocycles.